The van der Waals surface area contributed by atoms with Crippen LogP contribution in [-0.4, -0.2) is 33.1 Å². The Morgan fingerprint density at radius 1 is 1.19 bits per heavy atom. The summed E-state index contributed by atoms with van der Waals surface area (Å²) in [6.07, 6.45) is 1.63. The predicted octanol–water partition coefficient (Wildman–Crippen LogP) is 1.83. The lowest BCUT2D eigenvalue weighted by Crippen LogP contribution is -2.23. The van der Waals surface area contributed by atoms with Crippen LogP contribution in [0.3, 0.4) is 0 Å². The monoisotopic (exact) mass is 353 g/mol. The summed E-state index contributed by atoms with van der Waals surface area (Å²) in [7, 11) is 3.06. The maximum absolute atomic E-state index is 12.1. The van der Waals surface area contributed by atoms with Gasteiger partial charge in [0.1, 0.15) is 19.5 Å². The predicted molar refractivity (Wildman–Crippen MR) is 96.7 cm³/mol. The Morgan fingerprint density at radius 3 is 2.69 bits per heavy atom. The van der Waals surface area contributed by atoms with Gasteiger partial charge in [0, 0.05) is 12.6 Å². The van der Waals surface area contributed by atoms with Crippen LogP contribution < -0.4 is 10.4 Å². The molecule has 0 atom stereocenters. The van der Waals surface area contributed by atoms with Crippen LogP contribution in [0.4, 0.5) is 0 Å². The normalized spacial score (nSPS) is 11.0. The number of hydrogen-bond acceptors (Lipinski definition) is 6. The molecule has 1 aromatic heterocycles. The zero-order chi connectivity index (χ0) is 18.5. The van der Waals surface area contributed by atoms with E-state index in [1.807, 2.05) is 49.4 Å². The maximum atomic E-state index is 12.1. The van der Waals surface area contributed by atoms with Crippen LogP contribution in [-0.2, 0) is 18.5 Å². The van der Waals surface area contributed by atoms with Crippen molar-refractivity contribution in [3.8, 4) is 11.4 Å². The number of hydrogen-bond donors (Lipinski definition) is 0. The van der Waals surface area contributed by atoms with Gasteiger partial charge in [0.15, 0.2) is 0 Å². The van der Waals surface area contributed by atoms with Gasteiger partial charge in [-0.3, -0.25) is 0 Å². The summed E-state index contributed by atoms with van der Waals surface area (Å²) >= 11 is 0. The van der Waals surface area contributed by atoms with Crippen molar-refractivity contribution in [2.75, 3.05) is 7.11 Å². The van der Waals surface area contributed by atoms with Crippen LogP contribution in [0.25, 0.3) is 5.69 Å². The molecule has 2 aromatic carbocycles. The quantitative estimate of drug-likeness (QED) is 0.499. The summed E-state index contributed by atoms with van der Waals surface area (Å²) < 4.78 is 8.39. The highest BCUT2D eigenvalue weighted by Crippen LogP contribution is 2.21. The van der Waals surface area contributed by atoms with Crippen molar-refractivity contribution in [2.45, 2.75) is 13.5 Å². The smallest absolute Gasteiger partial charge is 0.368 e. The van der Waals surface area contributed by atoms with E-state index < -0.39 is 0 Å². The van der Waals surface area contributed by atoms with Gasteiger partial charge in [-0.2, -0.15) is 9.36 Å². The fourth-order valence-corrected chi connectivity index (χ4v) is 2.49. The third kappa shape index (κ3) is 3.64. The molecule has 0 aliphatic rings. The number of nitrogens with zero attached hydrogens (tertiary/aromatic N) is 5. The molecule has 3 aromatic rings. The van der Waals surface area contributed by atoms with Gasteiger partial charge < -0.3 is 9.57 Å². The third-order valence-electron chi connectivity index (χ3n) is 3.83. The van der Waals surface area contributed by atoms with E-state index in [1.54, 1.807) is 13.3 Å². The van der Waals surface area contributed by atoms with Crippen LogP contribution in [0, 0.1) is 6.92 Å². The molecule has 0 fully saturated rings. The van der Waals surface area contributed by atoms with Gasteiger partial charge in [-0.25, -0.2) is 4.79 Å². The molecule has 0 saturated heterocycles. The van der Waals surface area contributed by atoms with E-state index in [0.717, 1.165) is 22.4 Å². The number of para-hydroxylation sites is 1. The topological polar surface area (TPSA) is 83.5 Å². The van der Waals surface area contributed by atoms with Gasteiger partial charge in [-0.1, -0.05) is 23.4 Å². The summed E-state index contributed by atoms with van der Waals surface area (Å²) in [5, 5.41) is 11.4. The summed E-state index contributed by atoms with van der Waals surface area (Å²) in [5.74, 6) is 0.751. The minimum Gasteiger partial charge on any atom is -0.489 e. The average Bonchev–Trinajstić information content (AvgIpc) is 2.98. The number of aryl methyl sites for hydroxylation is 2. The second kappa shape index (κ2) is 7.64. The molecule has 1 heterocycles. The Hall–Kier alpha value is -3.42. The zero-order valence-electron chi connectivity index (χ0n) is 14.8. The summed E-state index contributed by atoms with van der Waals surface area (Å²) in [6.45, 7) is 2.25. The Labute approximate surface area is 150 Å². The molecule has 0 saturated carbocycles. The van der Waals surface area contributed by atoms with E-state index in [0.29, 0.717) is 12.3 Å². The third-order valence-corrected chi connectivity index (χ3v) is 3.83. The molecule has 0 bridgehead atoms. The molecule has 0 aliphatic carbocycles. The van der Waals surface area contributed by atoms with Crippen LogP contribution in [0.15, 0.2) is 52.4 Å². The van der Waals surface area contributed by atoms with E-state index in [4.69, 9.17) is 4.74 Å². The van der Waals surface area contributed by atoms with Gasteiger partial charge in [0.25, 0.3) is 0 Å². The fraction of sp³-hybridized carbons (Fsp3) is 0.222. The molecular weight excluding hydrogens is 334 g/mol. The molecule has 0 amide bonds. The molecule has 0 aliphatic heterocycles. The van der Waals surface area contributed by atoms with Gasteiger partial charge in [-0.15, -0.1) is 0 Å². The summed E-state index contributed by atoms with van der Waals surface area (Å²) in [4.78, 5) is 16.8. The number of benzene rings is 2. The number of aromatic nitrogens is 4. The molecular formula is C18H19N5O3. The second-order valence-corrected chi connectivity index (χ2v) is 5.66. The summed E-state index contributed by atoms with van der Waals surface area (Å²) in [5.41, 5.74) is 3.06. The van der Waals surface area contributed by atoms with E-state index in [2.05, 4.69) is 20.4 Å². The second-order valence-electron chi connectivity index (χ2n) is 5.66. The molecule has 8 heteroatoms. The highest BCUT2D eigenvalue weighted by Gasteiger charge is 2.11. The fourth-order valence-electron chi connectivity index (χ4n) is 2.49. The van der Waals surface area contributed by atoms with Crippen molar-refractivity contribution < 1.29 is 9.57 Å². The molecule has 3 rings (SSSR count). The van der Waals surface area contributed by atoms with E-state index >= 15 is 0 Å². The molecule has 26 heavy (non-hydrogen) atoms. The van der Waals surface area contributed by atoms with Crippen molar-refractivity contribution in [2.24, 2.45) is 12.2 Å². The van der Waals surface area contributed by atoms with E-state index in [1.165, 1.54) is 16.5 Å². The molecule has 0 N–H and O–H groups in total. The van der Waals surface area contributed by atoms with E-state index in [-0.39, 0.29) is 5.69 Å². The highest BCUT2D eigenvalue weighted by atomic mass is 16.6. The Morgan fingerprint density at radius 2 is 2.00 bits per heavy atom. The van der Waals surface area contributed by atoms with Gasteiger partial charge in [0.05, 0.1) is 11.9 Å². The minimum atomic E-state index is -0.310. The lowest BCUT2D eigenvalue weighted by atomic mass is 10.1. The average molecular weight is 353 g/mol. The first-order valence-corrected chi connectivity index (χ1v) is 7.97. The molecule has 0 radical (unpaired) electrons. The van der Waals surface area contributed by atoms with Crippen molar-refractivity contribution in [1.82, 2.24) is 19.8 Å². The van der Waals surface area contributed by atoms with E-state index in [9.17, 15) is 4.79 Å². The summed E-state index contributed by atoms with van der Waals surface area (Å²) in [6, 6.07) is 13.2. The van der Waals surface area contributed by atoms with Crippen molar-refractivity contribution in [3.05, 3.63) is 69.6 Å². The number of rotatable bonds is 6. The van der Waals surface area contributed by atoms with Crippen LogP contribution >= 0.6 is 0 Å². The molecule has 0 spiro atoms. The largest absolute Gasteiger partial charge is 0.489 e. The molecule has 0 unspecified atom stereocenters. The van der Waals surface area contributed by atoms with Crippen LogP contribution in [0.2, 0.25) is 0 Å². The first-order chi connectivity index (χ1) is 12.6. The van der Waals surface area contributed by atoms with Crippen LogP contribution in [0.5, 0.6) is 5.75 Å². The van der Waals surface area contributed by atoms with Gasteiger partial charge in [0.2, 0.25) is 0 Å². The highest BCUT2D eigenvalue weighted by molar-refractivity contribution is 5.79. The molecule has 134 valence electrons. The van der Waals surface area contributed by atoms with Crippen LogP contribution in [0.1, 0.15) is 16.7 Å². The van der Waals surface area contributed by atoms with Gasteiger partial charge in [-0.05, 0) is 52.7 Å². The standard InChI is InChI=1S/C18H19N5O3/c1-13-10-14(11-19-25-3)8-9-17(13)26-12-15-6-4-5-7-16(15)23-18(24)22(2)20-21-23/h4-11H,12H2,1-3H3. The first kappa shape index (κ1) is 17.4. The Bertz CT molecular complexity index is 990. The van der Waals surface area contributed by atoms with Crippen molar-refractivity contribution in [1.29, 1.82) is 0 Å². The number of ether oxygens (including phenoxy) is 1. The minimum absolute atomic E-state index is 0.297. The Kier molecular flexibility index (Phi) is 5.12. The zero-order valence-corrected chi connectivity index (χ0v) is 14.8. The molecule has 8 nitrogen and oxygen atoms in total. The number of oxime groups is 1. The Balaban J connectivity index is 1.82. The lowest BCUT2D eigenvalue weighted by molar-refractivity contribution is 0.215. The van der Waals surface area contributed by atoms with Crippen molar-refractivity contribution in [3.63, 3.8) is 0 Å². The number of tetrazole rings is 1. The van der Waals surface area contributed by atoms with Gasteiger partial charge >= 0.3 is 5.69 Å². The SMILES string of the molecule is CON=Cc1ccc(OCc2ccccc2-n2nnn(C)c2=O)c(C)c1. The van der Waals surface area contributed by atoms with Crippen molar-refractivity contribution >= 4 is 6.21 Å². The first-order valence-electron chi connectivity index (χ1n) is 7.97. The lowest BCUT2D eigenvalue weighted by Gasteiger charge is -2.12. The maximum Gasteiger partial charge on any atom is 0.368 e.